The highest BCUT2D eigenvalue weighted by atomic mass is 16.6. The quantitative estimate of drug-likeness (QED) is 0.255. The number of ether oxygens (including phenoxy) is 2. The molecule has 5 nitrogen and oxygen atoms in total. The van der Waals surface area contributed by atoms with Crippen molar-refractivity contribution in [1.29, 1.82) is 0 Å². The second-order valence-electron chi connectivity index (χ2n) is 7.09. The van der Waals surface area contributed by atoms with E-state index in [4.69, 9.17) is 9.47 Å². The van der Waals surface area contributed by atoms with Gasteiger partial charge in [0.2, 0.25) is 0 Å². The van der Waals surface area contributed by atoms with Crippen molar-refractivity contribution in [2.24, 2.45) is 0 Å². The Bertz CT molecular complexity index is 1290. The lowest BCUT2D eigenvalue weighted by Gasteiger charge is -2.16. The number of methoxy groups -OCH3 is 2. The molecule has 0 spiro atoms. The Morgan fingerprint density at radius 1 is 0.697 bits per heavy atom. The maximum Gasteiger partial charge on any atom is 0.277 e. The van der Waals surface area contributed by atoms with E-state index in [1.54, 1.807) is 62.8 Å². The molecule has 0 atom stereocenters. The second kappa shape index (κ2) is 9.83. The van der Waals surface area contributed by atoms with Gasteiger partial charge in [0.1, 0.15) is 11.5 Å². The predicted molar refractivity (Wildman–Crippen MR) is 137 cm³/mol. The zero-order chi connectivity index (χ0) is 24.1. The van der Waals surface area contributed by atoms with Crippen LogP contribution in [0.3, 0.4) is 0 Å². The molecule has 0 amide bonds. The molecule has 5 heteroatoms. The SMILES string of the molecule is C=Cc1c(OC)ccc(-c2ccc(-c3ccc(OC)c(C=C)c3C=C)c([N+](=O)[O-])c2)c1C=C. The Labute approximate surface area is 193 Å². The van der Waals surface area contributed by atoms with E-state index < -0.39 is 0 Å². The lowest BCUT2D eigenvalue weighted by molar-refractivity contribution is -0.384. The largest absolute Gasteiger partial charge is 0.496 e. The fourth-order valence-corrected chi connectivity index (χ4v) is 4.01. The van der Waals surface area contributed by atoms with Crippen molar-refractivity contribution in [1.82, 2.24) is 0 Å². The third kappa shape index (κ3) is 4.08. The molecule has 0 heterocycles. The molecule has 0 radical (unpaired) electrons. The van der Waals surface area contributed by atoms with E-state index in [0.29, 0.717) is 33.8 Å². The van der Waals surface area contributed by atoms with Crippen LogP contribution in [-0.2, 0) is 0 Å². The smallest absolute Gasteiger partial charge is 0.277 e. The number of rotatable bonds is 9. The Hall–Kier alpha value is -4.38. The van der Waals surface area contributed by atoms with Crippen molar-refractivity contribution in [3.05, 3.63) is 101 Å². The molecule has 3 aromatic carbocycles. The van der Waals surface area contributed by atoms with Crippen LogP contribution in [0.4, 0.5) is 5.69 Å². The van der Waals surface area contributed by atoms with Gasteiger partial charge in [-0.05, 0) is 52.1 Å². The molecule has 33 heavy (non-hydrogen) atoms. The molecule has 0 fully saturated rings. The molecular formula is C28H25NO4. The minimum Gasteiger partial charge on any atom is -0.496 e. The first-order valence-corrected chi connectivity index (χ1v) is 10.2. The number of nitrogens with zero attached hydrogens (tertiary/aromatic N) is 1. The molecule has 0 aliphatic rings. The maximum absolute atomic E-state index is 12.1. The van der Waals surface area contributed by atoms with Crippen molar-refractivity contribution in [3.8, 4) is 33.8 Å². The minimum atomic E-state index is -0.380. The van der Waals surface area contributed by atoms with Gasteiger partial charge in [-0.25, -0.2) is 0 Å². The molecule has 0 aliphatic heterocycles. The van der Waals surface area contributed by atoms with Crippen LogP contribution < -0.4 is 9.47 Å². The molecular weight excluding hydrogens is 414 g/mol. The van der Waals surface area contributed by atoms with Crippen molar-refractivity contribution in [3.63, 3.8) is 0 Å². The van der Waals surface area contributed by atoms with Gasteiger partial charge in [0.25, 0.3) is 5.69 Å². The van der Waals surface area contributed by atoms with Gasteiger partial charge >= 0.3 is 0 Å². The van der Waals surface area contributed by atoms with Crippen molar-refractivity contribution >= 4 is 30.0 Å². The van der Waals surface area contributed by atoms with Gasteiger partial charge in [0.05, 0.1) is 24.7 Å². The number of hydrogen-bond donors (Lipinski definition) is 0. The summed E-state index contributed by atoms with van der Waals surface area (Å²) in [7, 11) is 3.15. The molecule has 3 aromatic rings. The summed E-state index contributed by atoms with van der Waals surface area (Å²) in [6.07, 6.45) is 6.70. The lowest BCUT2D eigenvalue weighted by Crippen LogP contribution is -1.98. The summed E-state index contributed by atoms with van der Waals surface area (Å²) in [5.41, 5.74) is 5.60. The predicted octanol–water partition coefficient (Wildman–Crippen LogP) is 7.52. The molecule has 0 bridgehead atoms. The Morgan fingerprint density at radius 2 is 1.15 bits per heavy atom. The average molecular weight is 440 g/mol. The second-order valence-corrected chi connectivity index (χ2v) is 7.09. The number of benzene rings is 3. The van der Waals surface area contributed by atoms with Gasteiger partial charge in [-0.2, -0.15) is 0 Å². The van der Waals surface area contributed by atoms with Gasteiger partial charge in [-0.1, -0.05) is 62.8 Å². The van der Waals surface area contributed by atoms with E-state index in [-0.39, 0.29) is 10.6 Å². The Kier molecular flexibility index (Phi) is 6.94. The first-order chi connectivity index (χ1) is 15.9. The number of nitro groups is 1. The van der Waals surface area contributed by atoms with Gasteiger partial charge in [-0.3, -0.25) is 10.1 Å². The van der Waals surface area contributed by atoms with E-state index in [1.807, 2.05) is 18.2 Å². The molecule has 0 unspecified atom stereocenters. The average Bonchev–Trinajstić information content (AvgIpc) is 2.85. The first-order valence-electron chi connectivity index (χ1n) is 10.2. The van der Waals surface area contributed by atoms with Crippen LogP contribution in [-0.4, -0.2) is 19.1 Å². The van der Waals surface area contributed by atoms with Gasteiger partial charge < -0.3 is 9.47 Å². The molecule has 3 rings (SSSR count). The number of hydrogen-bond acceptors (Lipinski definition) is 4. The van der Waals surface area contributed by atoms with Crippen LogP contribution in [0.5, 0.6) is 11.5 Å². The van der Waals surface area contributed by atoms with Crippen LogP contribution in [0.25, 0.3) is 46.6 Å². The summed E-state index contributed by atoms with van der Waals surface area (Å²) in [4.78, 5) is 11.7. The third-order valence-corrected chi connectivity index (χ3v) is 5.55. The van der Waals surface area contributed by atoms with E-state index in [9.17, 15) is 10.1 Å². The molecule has 0 aliphatic carbocycles. The normalized spacial score (nSPS) is 10.2. The summed E-state index contributed by atoms with van der Waals surface area (Å²) < 4.78 is 10.8. The van der Waals surface area contributed by atoms with Crippen LogP contribution in [0, 0.1) is 10.1 Å². The molecule has 0 aromatic heterocycles. The summed E-state index contributed by atoms with van der Waals surface area (Å²) >= 11 is 0. The van der Waals surface area contributed by atoms with Gasteiger partial charge in [0, 0.05) is 17.2 Å². The van der Waals surface area contributed by atoms with Crippen LogP contribution in [0.15, 0.2) is 68.8 Å². The lowest BCUT2D eigenvalue weighted by atomic mass is 9.90. The monoisotopic (exact) mass is 439 g/mol. The molecule has 0 saturated heterocycles. The van der Waals surface area contributed by atoms with E-state index in [0.717, 1.165) is 22.3 Å². The Balaban J connectivity index is 2.30. The first kappa shape index (κ1) is 23.3. The fourth-order valence-electron chi connectivity index (χ4n) is 4.01. The van der Waals surface area contributed by atoms with E-state index >= 15 is 0 Å². The summed E-state index contributed by atoms with van der Waals surface area (Å²) in [6, 6.07) is 12.4. The minimum absolute atomic E-state index is 0.0261. The molecule has 0 saturated carbocycles. The highest BCUT2D eigenvalue weighted by Gasteiger charge is 2.22. The van der Waals surface area contributed by atoms with Crippen molar-refractivity contribution < 1.29 is 14.4 Å². The van der Waals surface area contributed by atoms with Gasteiger partial charge in [-0.15, -0.1) is 0 Å². The highest BCUT2D eigenvalue weighted by molar-refractivity contribution is 5.90. The van der Waals surface area contributed by atoms with E-state index in [1.165, 1.54) is 0 Å². The zero-order valence-corrected chi connectivity index (χ0v) is 18.8. The third-order valence-electron chi connectivity index (χ3n) is 5.55. The summed E-state index contributed by atoms with van der Waals surface area (Å²) in [5, 5.41) is 12.1. The van der Waals surface area contributed by atoms with Crippen molar-refractivity contribution in [2.75, 3.05) is 14.2 Å². The maximum atomic E-state index is 12.1. The van der Waals surface area contributed by atoms with E-state index in [2.05, 4.69) is 26.3 Å². The standard InChI is InChI=1S/C28H25NO4/c1-7-19-21(9-3)27(32-5)15-13-23(19)18-11-12-25(26(17-18)29(30)31)24-14-16-28(33-6)22(10-4)20(24)8-2/h7-17H,1-4H2,5-6H3. The van der Waals surface area contributed by atoms with Crippen LogP contribution in [0.2, 0.25) is 0 Å². The van der Waals surface area contributed by atoms with Crippen molar-refractivity contribution in [2.45, 2.75) is 0 Å². The van der Waals surface area contributed by atoms with Crippen LogP contribution >= 0.6 is 0 Å². The number of nitro benzene ring substituents is 1. The highest BCUT2D eigenvalue weighted by Crippen LogP contribution is 2.41. The van der Waals surface area contributed by atoms with Gasteiger partial charge in [0.15, 0.2) is 0 Å². The topological polar surface area (TPSA) is 61.6 Å². The molecule has 0 N–H and O–H groups in total. The zero-order valence-electron chi connectivity index (χ0n) is 18.8. The molecule has 166 valence electrons. The van der Waals surface area contributed by atoms with Crippen LogP contribution in [0.1, 0.15) is 22.3 Å². The fraction of sp³-hybridized carbons (Fsp3) is 0.0714. The summed E-state index contributed by atoms with van der Waals surface area (Å²) in [5.74, 6) is 1.27. The summed E-state index contributed by atoms with van der Waals surface area (Å²) in [6.45, 7) is 15.5. The Morgan fingerprint density at radius 3 is 1.61 bits per heavy atom.